The third-order valence-corrected chi connectivity index (χ3v) is 2.73. The Morgan fingerprint density at radius 3 is 3.00 bits per heavy atom. The van der Waals surface area contributed by atoms with Crippen molar-refractivity contribution in [3.8, 4) is 11.8 Å². The Hall–Kier alpha value is -2.29. The molecule has 1 aromatic carbocycles. The summed E-state index contributed by atoms with van der Waals surface area (Å²) < 4.78 is 1.70. The molecule has 0 saturated carbocycles. The fourth-order valence-corrected chi connectivity index (χ4v) is 1.76. The number of amides is 1. The lowest BCUT2D eigenvalue weighted by Gasteiger charge is -2.06. The van der Waals surface area contributed by atoms with Gasteiger partial charge in [-0.1, -0.05) is 23.4 Å². The quantitative estimate of drug-likeness (QED) is 0.825. The standard InChI is InChI=1S/C14H13ClN4O/c1-19-8-13(17-9-19)14(20)18-12-5-4-11(15)7-10(12)3-2-6-16/h4-5,7-9H,6,16H2,1H3,(H,18,20). The molecule has 1 amide bonds. The minimum absolute atomic E-state index is 0.236. The van der Waals surface area contributed by atoms with Crippen molar-refractivity contribution in [1.82, 2.24) is 9.55 Å². The maximum Gasteiger partial charge on any atom is 0.275 e. The van der Waals surface area contributed by atoms with Gasteiger partial charge in [-0.15, -0.1) is 0 Å². The van der Waals surface area contributed by atoms with E-state index in [0.29, 0.717) is 22.0 Å². The van der Waals surface area contributed by atoms with Crippen LogP contribution in [0, 0.1) is 11.8 Å². The normalized spacial score (nSPS) is 9.75. The number of anilines is 1. The summed E-state index contributed by atoms with van der Waals surface area (Å²) in [5, 5.41) is 3.30. The summed E-state index contributed by atoms with van der Waals surface area (Å²) in [5.74, 6) is 5.31. The summed E-state index contributed by atoms with van der Waals surface area (Å²) in [5.41, 5.74) is 6.88. The molecule has 3 N–H and O–H groups in total. The number of imidazole rings is 1. The number of carbonyl (C=O) groups excluding carboxylic acids is 1. The number of aromatic nitrogens is 2. The molecule has 0 fully saturated rings. The van der Waals surface area contributed by atoms with E-state index in [2.05, 4.69) is 22.1 Å². The first kappa shape index (κ1) is 14.1. The fourth-order valence-electron chi connectivity index (χ4n) is 1.59. The molecule has 0 aliphatic heterocycles. The van der Waals surface area contributed by atoms with Crippen LogP contribution in [0.15, 0.2) is 30.7 Å². The smallest absolute Gasteiger partial charge is 0.275 e. The molecular weight excluding hydrogens is 276 g/mol. The highest BCUT2D eigenvalue weighted by atomic mass is 35.5. The molecule has 0 spiro atoms. The van der Waals surface area contributed by atoms with Crippen LogP contribution >= 0.6 is 11.6 Å². The topological polar surface area (TPSA) is 72.9 Å². The number of nitrogens with two attached hydrogens (primary N) is 1. The Morgan fingerprint density at radius 1 is 1.55 bits per heavy atom. The van der Waals surface area contributed by atoms with E-state index in [0.717, 1.165) is 0 Å². The lowest BCUT2D eigenvalue weighted by atomic mass is 10.1. The van der Waals surface area contributed by atoms with Crippen molar-refractivity contribution < 1.29 is 4.79 Å². The minimum atomic E-state index is -0.302. The van der Waals surface area contributed by atoms with E-state index >= 15 is 0 Å². The number of hydrogen-bond donors (Lipinski definition) is 2. The van der Waals surface area contributed by atoms with Gasteiger partial charge in [-0.05, 0) is 18.2 Å². The van der Waals surface area contributed by atoms with E-state index in [1.165, 1.54) is 0 Å². The number of aryl methyl sites for hydroxylation is 1. The van der Waals surface area contributed by atoms with Gasteiger partial charge in [0.1, 0.15) is 5.69 Å². The summed E-state index contributed by atoms with van der Waals surface area (Å²) in [6.45, 7) is 0.236. The summed E-state index contributed by atoms with van der Waals surface area (Å²) >= 11 is 5.93. The van der Waals surface area contributed by atoms with Crippen LogP contribution < -0.4 is 11.1 Å². The second kappa shape index (κ2) is 6.24. The minimum Gasteiger partial charge on any atom is -0.340 e. The summed E-state index contributed by atoms with van der Waals surface area (Å²) in [4.78, 5) is 16.0. The third kappa shape index (κ3) is 3.38. The van der Waals surface area contributed by atoms with E-state index in [-0.39, 0.29) is 12.5 Å². The molecule has 2 aromatic rings. The number of carbonyl (C=O) groups is 1. The molecule has 1 heterocycles. The first-order valence-corrected chi connectivity index (χ1v) is 6.25. The van der Waals surface area contributed by atoms with E-state index < -0.39 is 0 Å². The van der Waals surface area contributed by atoms with Crippen LogP contribution in [-0.4, -0.2) is 22.0 Å². The van der Waals surface area contributed by atoms with Crippen LogP contribution in [0.4, 0.5) is 5.69 Å². The van der Waals surface area contributed by atoms with Crippen LogP contribution in [-0.2, 0) is 7.05 Å². The van der Waals surface area contributed by atoms with Crippen LogP contribution in [0.1, 0.15) is 16.1 Å². The van der Waals surface area contributed by atoms with Crippen molar-refractivity contribution in [3.05, 3.63) is 47.0 Å². The molecule has 6 heteroatoms. The molecule has 0 aliphatic rings. The van der Waals surface area contributed by atoms with Crippen LogP contribution in [0.25, 0.3) is 0 Å². The predicted octanol–water partition coefficient (Wildman–Crippen LogP) is 1.64. The Balaban J connectivity index is 2.26. The number of rotatable bonds is 2. The second-order valence-corrected chi connectivity index (χ2v) is 4.51. The van der Waals surface area contributed by atoms with E-state index in [1.54, 1.807) is 42.3 Å². The van der Waals surface area contributed by atoms with Crippen LogP contribution in [0.3, 0.4) is 0 Å². The number of hydrogen-bond acceptors (Lipinski definition) is 3. The maximum atomic E-state index is 12.0. The lowest BCUT2D eigenvalue weighted by Crippen LogP contribution is -2.13. The lowest BCUT2D eigenvalue weighted by molar-refractivity contribution is 0.102. The Kier molecular flexibility index (Phi) is 4.41. The van der Waals surface area contributed by atoms with Crippen molar-refractivity contribution in [2.45, 2.75) is 0 Å². The SMILES string of the molecule is Cn1cnc(C(=O)Nc2ccc(Cl)cc2C#CCN)c1. The van der Waals surface area contributed by atoms with Gasteiger partial charge in [-0.3, -0.25) is 4.79 Å². The van der Waals surface area contributed by atoms with Gasteiger partial charge in [0.05, 0.1) is 18.6 Å². The van der Waals surface area contributed by atoms with Crippen molar-refractivity contribution in [3.63, 3.8) is 0 Å². The average Bonchev–Trinajstić information content (AvgIpc) is 2.85. The van der Waals surface area contributed by atoms with Crippen LogP contribution in [0.2, 0.25) is 5.02 Å². The number of halogens is 1. The van der Waals surface area contributed by atoms with Gasteiger partial charge in [0.15, 0.2) is 0 Å². The Morgan fingerprint density at radius 2 is 2.35 bits per heavy atom. The Labute approximate surface area is 121 Å². The molecule has 0 bridgehead atoms. The van der Waals surface area contributed by atoms with Crippen molar-refractivity contribution in [1.29, 1.82) is 0 Å². The zero-order chi connectivity index (χ0) is 14.5. The molecule has 102 valence electrons. The van der Waals surface area contributed by atoms with E-state index in [1.807, 2.05) is 0 Å². The van der Waals surface area contributed by atoms with Gasteiger partial charge in [0, 0.05) is 23.8 Å². The number of nitrogens with one attached hydrogen (secondary N) is 1. The largest absolute Gasteiger partial charge is 0.340 e. The van der Waals surface area contributed by atoms with Gasteiger partial charge in [-0.25, -0.2) is 4.98 Å². The summed E-state index contributed by atoms with van der Waals surface area (Å²) in [6, 6.07) is 5.06. The summed E-state index contributed by atoms with van der Waals surface area (Å²) in [7, 11) is 1.80. The highest BCUT2D eigenvalue weighted by molar-refractivity contribution is 6.30. The average molecular weight is 289 g/mol. The Bertz CT molecular complexity index is 697. The number of benzene rings is 1. The van der Waals surface area contributed by atoms with Gasteiger partial charge in [0.25, 0.3) is 5.91 Å². The van der Waals surface area contributed by atoms with Crippen molar-refractivity contribution in [2.75, 3.05) is 11.9 Å². The summed E-state index contributed by atoms with van der Waals surface area (Å²) in [6.07, 6.45) is 3.20. The highest BCUT2D eigenvalue weighted by Gasteiger charge is 2.11. The first-order valence-electron chi connectivity index (χ1n) is 5.88. The molecule has 0 saturated heterocycles. The second-order valence-electron chi connectivity index (χ2n) is 4.07. The zero-order valence-corrected chi connectivity index (χ0v) is 11.6. The predicted molar refractivity (Wildman–Crippen MR) is 78.5 cm³/mol. The van der Waals surface area contributed by atoms with Gasteiger partial charge in [0.2, 0.25) is 0 Å². The highest BCUT2D eigenvalue weighted by Crippen LogP contribution is 2.20. The first-order chi connectivity index (χ1) is 9.60. The van der Waals surface area contributed by atoms with Crippen LogP contribution in [0.5, 0.6) is 0 Å². The van der Waals surface area contributed by atoms with Gasteiger partial charge in [-0.2, -0.15) is 0 Å². The van der Waals surface area contributed by atoms with Gasteiger partial charge >= 0.3 is 0 Å². The van der Waals surface area contributed by atoms with E-state index in [4.69, 9.17) is 17.3 Å². The van der Waals surface area contributed by atoms with E-state index in [9.17, 15) is 4.79 Å². The zero-order valence-electron chi connectivity index (χ0n) is 10.9. The molecule has 20 heavy (non-hydrogen) atoms. The number of nitrogens with zero attached hydrogens (tertiary/aromatic N) is 2. The molecule has 0 atom stereocenters. The molecule has 0 radical (unpaired) electrons. The fraction of sp³-hybridized carbons (Fsp3) is 0.143. The van der Waals surface area contributed by atoms with Crippen molar-refractivity contribution in [2.24, 2.45) is 12.8 Å². The van der Waals surface area contributed by atoms with Crippen molar-refractivity contribution >= 4 is 23.2 Å². The monoisotopic (exact) mass is 288 g/mol. The molecule has 1 aromatic heterocycles. The molecule has 2 rings (SSSR count). The molecular formula is C14H13ClN4O. The maximum absolute atomic E-state index is 12.0. The van der Waals surface area contributed by atoms with Gasteiger partial charge < -0.3 is 15.6 Å². The third-order valence-electron chi connectivity index (χ3n) is 2.49. The molecule has 5 nitrogen and oxygen atoms in total. The molecule has 0 unspecified atom stereocenters. The molecule has 0 aliphatic carbocycles.